The Morgan fingerprint density at radius 2 is 1.76 bits per heavy atom. The van der Waals surface area contributed by atoms with Crippen LogP contribution in [0.4, 0.5) is 37.8 Å². The van der Waals surface area contributed by atoms with Gasteiger partial charge in [0.2, 0.25) is 0 Å². The highest BCUT2D eigenvalue weighted by Crippen LogP contribution is 2.37. The number of rotatable bonds is 6. The second kappa shape index (κ2) is 10.9. The van der Waals surface area contributed by atoms with Crippen LogP contribution in [0.25, 0.3) is 16.6 Å². The SMILES string of the molecule is CCc1cccc(CC)c1N/C(=C1/CN(c2ncc(C(F)(F)F)cc2F)CCC1=N)c1cc(F)c(F)c2[nH]ccc12. The van der Waals surface area contributed by atoms with E-state index in [0.29, 0.717) is 41.8 Å². The van der Waals surface area contributed by atoms with Crippen molar-refractivity contribution in [3.8, 4) is 0 Å². The number of fused-ring (bicyclic) bond motifs is 1. The van der Waals surface area contributed by atoms with Crippen molar-refractivity contribution in [3.63, 3.8) is 0 Å². The third kappa shape index (κ3) is 5.28. The molecule has 0 amide bonds. The average Bonchev–Trinajstić information content (AvgIpc) is 3.44. The molecule has 1 aliphatic rings. The standard InChI is InChI=1S/C30H27F6N5/c1-3-16-6-5-7-17(4-2)26(16)40-27(20-13-22(31)25(33)28-19(20)8-10-38-28)21-15-41(11-9-24(21)37)29-23(32)12-18(14-39-29)30(34,35)36/h5-8,10,12-14,37-38,40H,3-4,9,11,15H2,1-2H3/b27-21-,37-24?. The molecule has 1 saturated heterocycles. The first-order chi connectivity index (χ1) is 19.5. The number of piperidine rings is 1. The monoisotopic (exact) mass is 571 g/mol. The highest BCUT2D eigenvalue weighted by Gasteiger charge is 2.33. The number of nitrogens with one attached hydrogen (secondary N) is 3. The third-order valence-corrected chi connectivity index (χ3v) is 7.35. The molecule has 3 N–H and O–H groups in total. The third-order valence-electron chi connectivity index (χ3n) is 7.35. The molecule has 11 heteroatoms. The molecule has 0 saturated carbocycles. The summed E-state index contributed by atoms with van der Waals surface area (Å²) in [6.45, 7) is 4.00. The minimum atomic E-state index is -4.75. The number of aromatic nitrogens is 2. The van der Waals surface area contributed by atoms with Gasteiger partial charge in [-0.05, 0) is 42.2 Å². The number of pyridine rings is 1. The minimum Gasteiger partial charge on any atom is -0.359 e. The van der Waals surface area contributed by atoms with E-state index >= 15 is 0 Å². The molecule has 41 heavy (non-hydrogen) atoms. The van der Waals surface area contributed by atoms with Crippen LogP contribution in [-0.2, 0) is 19.0 Å². The predicted octanol–water partition coefficient (Wildman–Crippen LogP) is 7.88. The zero-order chi connectivity index (χ0) is 29.5. The Morgan fingerprint density at radius 1 is 1.05 bits per heavy atom. The summed E-state index contributed by atoms with van der Waals surface area (Å²) in [6.07, 6.45) is -1.24. The minimum absolute atomic E-state index is 0.0472. The van der Waals surface area contributed by atoms with Crippen molar-refractivity contribution in [2.45, 2.75) is 39.3 Å². The summed E-state index contributed by atoms with van der Waals surface area (Å²) < 4.78 is 83.9. The lowest BCUT2D eigenvalue weighted by atomic mass is 9.93. The van der Waals surface area contributed by atoms with E-state index in [4.69, 9.17) is 5.41 Å². The number of H-pyrrole nitrogens is 1. The molecular formula is C30H27F6N5. The van der Waals surface area contributed by atoms with Crippen LogP contribution in [0.1, 0.15) is 42.5 Å². The fourth-order valence-electron chi connectivity index (χ4n) is 5.20. The molecule has 2 aromatic heterocycles. The average molecular weight is 572 g/mol. The van der Waals surface area contributed by atoms with E-state index in [1.807, 2.05) is 32.0 Å². The number of halogens is 6. The summed E-state index contributed by atoms with van der Waals surface area (Å²) in [4.78, 5) is 7.94. The highest BCUT2D eigenvalue weighted by molar-refractivity contribution is 6.10. The van der Waals surface area contributed by atoms with Crippen LogP contribution >= 0.6 is 0 Å². The van der Waals surface area contributed by atoms with Crippen LogP contribution in [-0.4, -0.2) is 28.8 Å². The predicted molar refractivity (Wildman–Crippen MR) is 148 cm³/mol. The van der Waals surface area contributed by atoms with Gasteiger partial charge in [-0.3, -0.25) is 0 Å². The molecule has 5 nitrogen and oxygen atoms in total. The van der Waals surface area contributed by atoms with Crippen molar-refractivity contribution in [2.24, 2.45) is 0 Å². The van der Waals surface area contributed by atoms with Gasteiger partial charge in [-0.1, -0.05) is 32.0 Å². The molecule has 1 aliphatic heterocycles. The van der Waals surface area contributed by atoms with Gasteiger partial charge in [0.15, 0.2) is 23.3 Å². The molecule has 0 unspecified atom stereocenters. The molecule has 5 rings (SSSR count). The van der Waals surface area contributed by atoms with Crippen molar-refractivity contribution < 1.29 is 26.3 Å². The number of aryl methyl sites for hydroxylation is 2. The Morgan fingerprint density at radius 3 is 2.39 bits per heavy atom. The lowest BCUT2D eigenvalue weighted by Crippen LogP contribution is -2.38. The highest BCUT2D eigenvalue weighted by atomic mass is 19.4. The number of benzene rings is 2. The molecule has 1 fully saturated rings. The molecular weight excluding hydrogens is 544 g/mol. The van der Waals surface area contributed by atoms with Gasteiger partial charge in [0.25, 0.3) is 0 Å². The van der Waals surface area contributed by atoms with Gasteiger partial charge in [-0.15, -0.1) is 0 Å². The van der Waals surface area contributed by atoms with Gasteiger partial charge in [0, 0.05) is 59.8 Å². The smallest absolute Gasteiger partial charge is 0.359 e. The largest absolute Gasteiger partial charge is 0.417 e. The fraction of sp³-hybridized carbons (Fsp3) is 0.267. The van der Waals surface area contributed by atoms with Gasteiger partial charge >= 0.3 is 6.18 Å². The topological polar surface area (TPSA) is 67.8 Å². The summed E-state index contributed by atoms with van der Waals surface area (Å²) in [6, 6.07) is 8.88. The molecule has 0 radical (unpaired) electrons. The molecule has 0 aliphatic carbocycles. The van der Waals surface area contributed by atoms with Crippen LogP contribution in [0.3, 0.4) is 0 Å². The molecule has 2 aromatic carbocycles. The van der Waals surface area contributed by atoms with Gasteiger partial charge in [-0.2, -0.15) is 13.2 Å². The van der Waals surface area contributed by atoms with E-state index in [2.05, 4.69) is 15.3 Å². The maximum absolute atomic E-state index is 14.9. The Labute approximate surface area is 232 Å². The quantitative estimate of drug-likeness (QED) is 0.206. The van der Waals surface area contributed by atoms with E-state index in [-0.39, 0.29) is 42.1 Å². The summed E-state index contributed by atoms with van der Waals surface area (Å²) >= 11 is 0. The van der Waals surface area contributed by atoms with E-state index in [1.54, 1.807) is 6.07 Å². The van der Waals surface area contributed by atoms with Crippen molar-refractivity contribution in [1.82, 2.24) is 9.97 Å². The van der Waals surface area contributed by atoms with Crippen LogP contribution in [0.5, 0.6) is 0 Å². The number of aromatic amines is 1. The Balaban J connectivity index is 1.70. The molecule has 0 bridgehead atoms. The zero-order valence-electron chi connectivity index (χ0n) is 22.3. The summed E-state index contributed by atoms with van der Waals surface area (Å²) in [7, 11) is 0. The maximum atomic E-state index is 14.9. The Hall–Kier alpha value is -4.28. The molecule has 0 atom stereocenters. The molecule has 4 aromatic rings. The Bertz CT molecular complexity index is 1650. The van der Waals surface area contributed by atoms with Crippen LogP contribution in [0.15, 0.2) is 54.4 Å². The normalized spacial score (nSPS) is 15.5. The van der Waals surface area contributed by atoms with Crippen molar-refractivity contribution in [3.05, 3.63) is 94.1 Å². The van der Waals surface area contributed by atoms with Crippen LogP contribution in [0.2, 0.25) is 0 Å². The summed E-state index contributed by atoms with van der Waals surface area (Å²) in [5.41, 5.74) is 2.58. The molecule has 3 heterocycles. The summed E-state index contributed by atoms with van der Waals surface area (Å²) in [5, 5.41) is 12.6. The number of anilines is 2. The van der Waals surface area contributed by atoms with Crippen LogP contribution in [0, 0.1) is 22.9 Å². The van der Waals surface area contributed by atoms with E-state index in [1.165, 1.54) is 11.1 Å². The van der Waals surface area contributed by atoms with E-state index in [9.17, 15) is 26.3 Å². The zero-order valence-corrected chi connectivity index (χ0v) is 22.3. The first kappa shape index (κ1) is 28.3. The fourth-order valence-corrected chi connectivity index (χ4v) is 5.20. The lowest BCUT2D eigenvalue weighted by Gasteiger charge is -2.33. The number of hydrogen-bond acceptors (Lipinski definition) is 4. The van der Waals surface area contributed by atoms with E-state index in [0.717, 1.165) is 22.9 Å². The first-order valence-electron chi connectivity index (χ1n) is 13.1. The summed E-state index contributed by atoms with van der Waals surface area (Å²) in [5.74, 6) is -3.57. The number of hydrogen-bond donors (Lipinski definition) is 3. The van der Waals surface area contributed by atoms with Crippen molar-refractivity contribution in [1.29, 1.82) is 5.41 Å². The van der Waals surface area contributed by atoms with Gasteiger partial charge < -0.3 is 20.6 Å². The molecule has 214 valence electrons. The van der Waals surface area contributed by atoms with Crippen molar-refractivity contribution >= 4 is 33.8 Å². The van der Waals surface area contributed by atoms with Gasteiger partial charge in [-0.25, -0.2) is 18.2 Å². The van der Waals surface area contributed by atoms with Crippen LogP contribution < -0.4 is 10.2 Å². The number of nitrogens with zero attached hydrogens (tertiary/aromatic N) is 2. The van der Waals surface area contributed by atoms with E-state index < -0.39 is 29.2 Å². The van der Waals surface area contributed by atoms with Gasteiger partial charge in [0.1, 0.15) is 0 Å². The second-order valence-corrected chi connectivity index (χ2v) is 9.80. The second-order valence-electron chi connectivity index (χ2n) is 9.80. The van der Waals surface area contributed by atoms with Gasteiger partial charge in [0.05, 0.1) is 16.8 Å². The maximum Gasteiger partial charge on any atom is 0.417 e. The van der Waals surface area contributed by atoms with Crippen molar-refractivity contribution in [2.75, 3.05) is 23.3 Å². The number of alkyl halides is 3. The first-order valence-corrected chi connectivity index (χ1v) is 13.1. The Kier molecular flexibility index (Phi) is 7.54. The lowest BCUT2D eigenvalue weighted by molar-refractivity contribution is -0.138. The number of para-hydroxylation sites is 1. The molecule has 0 spiro atoms.